The van der Waals surface area contributed by atoms with Crippen LogP contribution in [0.25, 0.3) is 0 Å². The SMILES string of the molecule is COC(=O)c1nc(C)cc(NCC2(C3CC3)CC2)n1. The van der Waals surface area contributed by atoms with E-state index >= 15 is 0 Å². The van der Waals surface area contributed by atoms with Crippen LogP contribution in [0.15, 0.2) is 6.07 Å². The van der Waals surface area contributed by atoms with Gasteiger partial charge in [-0.2, -0.15) is 0 Å². The molecule has 0 amide bonds. The largest absolute Gasteiger partial charge is 0.463 e. The minimum absolute atomic E-state index is 0.126. The summed E-state index contributed by atoms with van der Waals surface area (Å²) in [6, 6.07) is 1.87. The number of aryl methyl sites for hydroxylation is 1. The van der Waals surface area contributed by atoms with Crippen LogP contribution in [0.2, 0.25) is 0 Å². The van der Waals surface area contributed by atoms with Gasteiger partial charge in [0.2, 0.25) is 5.82 Å². The first-order valence-corrected chi connectivity index (χ1v) is 6.81. The molecule has 3 rings (SSSR count). The Labute approximate surface area is 112 Å². The van der Waals surface area contributed by atoms with Gasteiger partial charge in [-0.15, -0.1) is 0 Å². The second-order valence-electron chi connectivity index (χ2n) is 5.70. The Bertz CT molecular complexity index is 507. The minimum Gasteiger partial charge on any atom is -0.463 e. The third-order valence-electron chi connectivity index (χ3n) is 4.18. The molecule has 2 aliphatic rings. The Morgan fingerprint density at radius 2 is 2.21 bits per heavy atom. The summed E-state index contributed by atoms with van der Waals surface area (Å²) < 4.78 is 4.66. The highest BCUT2D eigenvalue weighted by Crippen LogP contribution is 2.61. The van der Waals surface area contributed by atoms with Crippen LogP contribution < -0.4 is 5.32 Å². The number of nitrogens with zero attached hydrogens (tertiary/aromatic N) is 2. The van der Waals surface area contributed by atoms with Gasteiger partial charge in [0, 0.05) is 18.3 Å². The predicted octanol–water partition coefficient (Wildman–Crippen LogP) is 2.17. The van der Waals surface area contributed by atoms with Crippen molar-refractivity contribution in [3.8, 4) is 0 Å². The lowest BCUT2D eigenvalue weighted by molar-refractivity contribution is 0.0586. The zero-order valence-electron chi connectivity index (χ0n) is 11.4. The topological polar surface area (TPSA) is 64.1 Å². The number of hydrogen-bond acceptors (Lipinski definition) is 5. The lowest BCUT2D eigenvalue weighted by Crippen LogP contribution is -2.19. The quantitative estimate of drug-likeness (QED) is 0.823. The van der Waals surface area contributed by atoms with Crippen LogP contribution in [-0.4, -0.2) is 29.6 Å². The molecule has 1 heterocycles. The summed E-state index contributed by atoms with van der Waals surface area (Å²) in [6.07, 6.45) is 5.38. The number of esters is 1. The Kier molecular flexibility index (Phi) is 2.92. The van der Waals surface area contributed by atoms with E-state index < -0.39 is 5.97 Å². The zero-order valence-corrected chi connectivity index (χ0v) is 11.4. The number of anilines is 1. The van der Waals surface area contributed by atoms with E-state index in [-0.39, 0.29) is 5.82 Å². The van der Waals surface area contributed by atoms with Crippen molar-refractivity contribution in [3.63, 3.8) is 0 Å². The van der Waals surface area contributed by atoms with Gasteiger partial charge >= 0.3 is 5.97 Å². The fourth-order valence-electron chi connectivity index (χ4n) is 2.69. The Morgan fingerprint density at radius 1 is 1.47 bits per heavy atom. The van der Waals surface area contributed by atoms with Crippen molar-refractivity contribution >= 4 is 11.8 Å². The molecule has 0 unspecified atom stereocenters. The molecule has 0 aromatic carbocycles. The van der Waals surface area contributed by atoms with E-state index in [1.165, 1.54) is 32.8 Å². The normalized spacial score (nSPS) is 19.9. The molecular weight excluding hydrogens is 242 g/mol. The fraction of sp³-hybridized carbons (Fsp3) is 0.643. The highest BCUT2D eigenvalue weighted by Gasteiger charge is 2.53. The Balaban J connectivity index is 1.70. The maximum absolute atomic E-state index is 11.5. The van der Waals surface area contributed by atoms with Crippen LogP contribution in [0.1, 0.15) is 42.0 Å². The standard InChI is InChI=1S/C14H19N3O2/c1-9-7-11(17-12(16-9)13(18)19-2)15-8-14(5-6-14)10-3-4-10/h7,10H,3-6,8H2,1-2H3,(H,15,16,17). The lowest BCUT2D eigenvalue weighted by Gasteiger charge is -2.15. The molecule has 5 nitrogen and oxygen atoms in total. The summed E-state index contributed by atoms with van der Waals surface area (Å²) >= 11 is 0. The van der Waals surface area contributed by atoms with Crippen molar-refractivity contribution < 1.29 is 9.53 Å². The maximum atomic E-state index is 11.5. The van der Waals surface area contributed by atoms with Crippen LogP contribution in [0.4, 0.5) is 5.82 Å². The molecule has 5 heteroatoms. The van der Waals surface area contributed by atoms with E-state index in [2.05, 4.69) is 20.0 Å². The van der Waals surface area contributed by atoms with Gasteiger partial charge in [-0.05, 0) is 43.9 Å². The average Bonchev–Trinajstić information content (AvgIpc) is 3.27. The monoisotopic (exact) mass is 261 g/mol. The lowest BCUT2D eigenvalue weighted by atomic mass is 10.0. The second kappa shape index (κ2) is 4.47. The highest BCUT2D eigenvalue weighted by atomic mass is 16.5. The van der Waals surface area contributed by atoms with Crippen LogP contribution in [0, 0.1) is 18.3 Å². The predicted molar refractivity (Wildman–Crippen MR) is 71.0 cm³/mol. The summed E-state index contributed by atoms with van der Waals surface area (Å²) in [5.41, 5.74) is 1.28. The molecule has 1 N–H and O–H groups in total. The van der Waals surface area contributed by atoms with Crippen molar-refractivity contribution in [1.29, 1.82) is 0 Å². The number of ether oxygens (including phenoxy) is 1. The van der Waals surface area contributed by atoms with Crippen LogP contribution in [0.5, 0.6) is 0 Å². The second-order valence-corrected chi connectivity index (χ2v) is 5.70. The zero-order chi connectivity index (χ0) is 13.5. The smallest absolute Gasteiger partial charge is 0.376 e. The van der Waals surface area contributed by atoms with Gasteiger partial charge in [-0.1, -0.05) is 0 Å². The van der Waals surface area contributed by atoms with Crippen LogP contribution in [-0.2, 0) is 4.74 Å². The number of methoxy groups -OCH3 is 1. The van der Waals surface area contributed by atoms with Crippen LogP contribution >= 0.6 is 0 Å². The third-order valence-corrected chi connectivity index (χ3v) is 4.18. The molecule has 2 aliphatic carbocycles. The Hall–Kier alpha value is -1.65. The molecule has 2 saturated carbocycles. The Morgan fingerprint density at radius 3 is 2.79 bits per heavy atom. The number of rotatable bonds is 5. The van der Waals surface area contributed by atoms with E-state index in [0.717, 1.165) is 24.0 Å². The maximum Gasteiger partial charge on any atom is 0.376 e. The van der Waals surface area contributed by atoms with Crippen molar-refractivity contribution in [1.82, 2.24) is 9.97 Å². The number of carbonyl (C=O) groups excluding carboxylic acids is 1. The van der Waals surface area contributed by atoms with Gasteiger partial charge in [-0.3, -0.25) is 0 Å². The summed E-state index contributed by atoms with van der Waals surface area (Å²) in [6.45, 7) is 2.81. The number of carbonyl (C=O) groups is 1. The van der Waals surface area contributed by atoms with E-state index in [1.54, 1.807) is 0 Å². The van der Waals surface area contributed by atoms with E-state index in [0.29, 0.717) is 5.41 Å². The first-order chi connectivity index (χ1) is 9.13. The van der Waals surface area contributed by atoms with Crippen molar-refractivity contribution in [2.45, 2.75) is 32.6 Å². The molecule has 0 bridgehead atoms. The molecule has 0 spiro atoms. The molecule has 102 valence electrons. The van der Waals surface area contributed by atoms with Crippen molar-refractivity contribution in [3.05, 3.63) is 17.6 Å². The first-order valence-electron chi connectivity index (χ1n) is 6.81. The highest BCUT2D eigenvalue weighted by molar-refractivity contribution is 5.85. The minimum atomic E-state index is -0.491. The van der Waals surface area contributed by atoms with E-state index in [4.69, 9.17) is 0 Å². The van der Waals surface area contributed by atoms with Crippen LogP contribution in [0.3, 0.4) is 0 Å². The molecular formula is C14H19N3O2. The number of aromatic nitrogens is 2. The summed E-state index contributed by atoms with van der Waals surface area (Å²) in [5, 5.41) is 3.37. The first kappa shape index (κ1) is 12.4. The van der Waals surface area contributed by atoms with Gasteiger partial charge in [0.25, 0.3) is 0 Å². The van der Waals surface area contributed by atoms with E-state index in [1.807, 2.05) is 13.0 Å². The summed E-state index contributed by atoms with van der Waals surface area (Å²) in [5.74, 6) is 1.26. The van der Waals surface area contributed by atoms with Gasteiger partial charge < -0.3 is 10.1 Å². The van der Waals surface area contributed by atoms with E-state index in [9.17, 15) is 4.79 Å². The van der Waals surface area contributed by atoms with Gasteiger partial charge in [0.15, 0.2) is 0 Å². The van der Waals surface area contributed by atoms with Gasteiger partial charge in [0.1, 0.15) is 5.82 Å². The molecule has 0 saturated heterocycles. The molecule has 2 fully saturated rings. The molecule has 0 atom stereocenters. The molecule has 0 aliphatic heterocycles. The van der Waals surface area contributed by atoms with Gasteiger partial charge in [0.05, 0.1) is 7.11 Å². The third kappa shape index (κ3) is 2.55. The molecule has 1 aromatic heterocycles. The van der Waals surface area contributed by atoms with Crippen molar-refractivity contribution in [2.75, 3.05) is 19.0 Å². The molecule has 1 aromatic rings. The number of hydrogen-bond donors (Lipinski definition) is 1. The molecule has 19 heavy (non-hydrogen) atoms. The number of nitrogens with one attached hydrogen (secondary N) is 1. The van der Waals surface area contributed by atoms with Gasteiger partial charge in [-0.25, -0.2) is 14.8 Å². The van der Waals surface area contributed by atoms with Crippen molar-refractivity contribution in [2.24, 2.45) is 11.3 Å². The fourth-order valence-corrected chi connectivity index (χ4v) is 2.69. The summed E-state index contributed by atoms with van der Waals surface area (Å²) in [7, 11) is 1.34. The summed E-state index contributed by atoms with van der Waals surface area (Å²) in [4.78, 5) is 19.8. The average molecular weight is 261 g/mol. The molecule has 0 radical (unpaired) electrons.